The minimum atomic E-state index is -0.241. The van der Waals surface area contributed by atoms with Gasteiger partial charge in [0.15, 0.2) is 0 Å². The molecular formula is C13H17ClO. The Labute approximate surface area is 96.5 Å². The highest BCUT2D eigenvalue weighted by Crippen LogP contribution is 2.16. The van der Waals surface area contributed by atoms with Crippen molar-refractivity contribution in [1.29, 1.82) is 0 Å². The van der Waals surface area contributed by atoms with Crippen LogP contribution in [0.15, 0.2) is 24.3 Å². The number of rotatable bonds is 5. The second kappa shape index (κ2) is 5.92. The van der Waals surface area contributed by atoms with E-state index in [-0.39, 0.29) is 5.24 Å². The molecule has 0 unspecified atom stereocenters. The van der Waals surface area contributed by atoms with Gasteiger partial charge in [-0.3, -0.25) is 4.79 Å². The van der Waals surface area contributed by atoms with Crippen molar-refractivity contribution in [3.05, 3.63) is 35.4 Å². The molecule has 0 aromatic heterocycles. The maximum atomic E-state index is 10.6. The summed E-state index contributed by atoms with van der Waals surface area (Å²) >= 11 is 5.29. The van der Waals surface area contributed by atoms with Gasteiger partial charge in [0.2, 0.25) is 5.24 Å². The lowest BCUT2D eigenvalue weighted by molar-refractivity contribution is -0.111. The summed E-state index contributed by atoms with van der Waals surface area (Å²) in [7, 11) is 0. The zero-order valence-corrected chi connectivity index (χ0v) is 10.1. The molecular weight excluding hydrogens is 208 g/mol. The highest BCUT2D eigenvalue weighted by molar-refractivity contribution is 6.63. The Hall–Kier alpha value is -0.820. The van der Waals surface area contributed by atoms with Crippen molar-refractivity contribution >= 4 is 16.8 Å². The van der Waals surface area contributed by atoms with Gasteiger partial charge >= 0.3 is 0 Å². The van der Waals surface area contributed by atoms with E-state index in [0.29, 0.717) is 12.3 Å². The molecule has 0 N–H and O–H groups in total. The topological polar surface area (TPSA) is 17.1 Å². The summed E-state index contributed by atoms with van der Waals surface area (Å²) < 4.78 is 0. The second-order valence-corrected chi connectivity index (χ2v) is 4.53. The molecule has 0 atom stereocenters. The molecule has 0 aliphatic carbocycles. The van der Waals surface area contributed by atoms with Crippen molar-refractivity contribution in [3.8, 4) is 0 Å². The SMILES string of the molecule is CC(C)c1cccc(CCCC(=O)Cl)c1. The van der Waals surface area contributed by atoms with Gasteiger partial charge < -0.3 is 0 Å². The van der Waals surface area contributed by atoms with Gasteiger partial charge in [0.1, 0.15) is 0 Å². The molecule has 0 saturated heterocycles. The van der Waals surface area contributed by atoms with Crippen LogP contribution >= 0.6 is 11.6 Å². The van der Waals surface area contributed by atoms with Crippen LogP contribution in [0.4, 0.5) is 0 Å². The number of hydrogen-bond acceptors (Lipinski definition) is 1. The van der Waals surface area contributed by atoms with Gasteiger partial charge in [-0.15, -0.1) is 0 Å². The average molecular weight is 225 g/mol. The van der Waals surface area contributed by atoms with Crippen LogP contribution in [0, 0.1) is 0 Å². The Morgan fingerprint density at radius 2 is 2.13 bits per heavy atom. The van der Waals surface area contributed by atoms with Crippen molar-refractivity contribution in [3.63, 3.8) is 0 Å². The van der Waals surface area contributed by atoms with Crippen LogP contribution in [-0.4, -0.2) is 5.24 Å². The number of aryl methyl sites for hydroxylation is 1. The molecule has 0 heterocycles. The summed E-state index contributed by atoms with van der Waals surface area (Å²) in [4.78, 5) is 10.6. The minimum absolute atomic E-state index is 0.241. The molecule has 0 bridgehead atoms. The molecule has 0 saturated carbocycles. The highest BCUT2D eigenvalue weighted by atomic mass is 35.5. The van der Waals surface area contributed by atoms with Crippen LogP contribution in [0.5, 0.6) is 0 Å². The molecule has 0 radical (unpaired) electrons. The molecule has 82 valence electrons. The predicted octanol–water partition coefficient (Wildman–Crippen LogP) is 3.90. The first-order valence-corrected chi connectivity index (χ1v) is 5.74. The highest BCUT2D eigenvalue weighted by Gasteiger charge is 2.01. The van der Waals surface area contributed by atoms with Crippen molar-refractivity contribution in [1.82, 2.24) is 0 Å². The molecule has 0 fully saturated rings. The third-order valence-corrected chi connectivity index (χ3v) is 2.65. The molecule has 15 heavy (non-hydrogen) atoms. The maximum Gasteiger partial charge on any atom is 0.221 e. The van der Waals surface area contributed by atoms with E-state index >= 15 is 0 Å². The van der Waals surface area contributed by atoms with E-state index in [9.17, 15) is 4.79 Å². The number of halogens is 1. The number of benzene rings is 1. The Bertz CT molecular complexity index is 331. The third-order valence-electron chi connectivity index (χ3n) is 2.46. The second-order valence-electron chi connectivity index (χ2n) is 4.11. The Kier molecular flexibility index (Phi) is 4.83. The predicted molar refractivity (Wildman–Crippen MR) is 64.3 cm³/mol. The van der Waals surface area contributed by atoms with Crippen LogP contribution in [0.2, 0.25) is 0 Å². The monoisotopic (exact) mass is 224 g/mol. The first kappa shape index (κ1) is 12.3. The Morgan fingerprint density at radius 3 is 2.73 bits per heavy atom. The van der Waals surface area contributed by atoms with E-state index in [4.69, 9.17) is 11.6 Å². The quantitative estimate of drug-likeness (QED) is 0.694. The third kappa shape index (κ3) is 4.48. The summed E-state index contributed by atoms with van der Waals surface area (Å²) in [6, 6.07) is 8.53. The first-order valence-electron chi connectivity index (χ1n) is 5.36. The molecule has 1 aromatic rings. The maximum absolute atomic E-state index is 10.6. The average Bonchev–Trinajstić information content (AvgIpc) is 2.17. The molecule has 1 aromatic carbocycles. The summed E-state index contributed by atoms with van der Waals surface area (Å²) in [5.74, 6) is 0.555. The smallest absolute Gasteiger partial charge is 0.221 e. The van der Waals surface area contributed by atoms with Crippen LogP contribution < -0.4 is 0 Å². The number of hydrogen-bond donors (Lipinski definition) is 0. The summed E-state index contributed by atoms with van der Waals surface area (Å²) in [6.07, 6.45) is 2.23. The molecule has 0 spiro atoms. The fourth-order valence-corrected chi connectivity index (χ4v) is 1.67. The molecule has 0 aliphatic heterocycles. The van der Waals surface area contributed by atoms with E-state index in [1.54, 1.807) is 0 Å². The zero-order chi connectivity index (χ0) is 11.3. The van der Waals surface area contributed by atoms with E-state index in [0.717, 1.165) is 12.8 Å². The zero-order valence-electron chi connectivity index (χ0n) is 9.29. The molecule has 1 rings (SSSR count). The minimum Gasteiger partial charge on any atom is -0.281 e. The van der Waals surface area contributed by atoms with E-state index in [2.05, 4.69) is 38.1 Å². The van der Waals surface area contributed by atoms with E-state index in [1.165, 1.54) is 11.1 Å². The standard InChI is InChI=1S/C13H17ClO/c1-10(2)12-7-3-5-11(9-12)6-4-8-13(14)15/h3,5,7,9-10H,4,6,8H2,1-2H3. The summed E-state index contributed by atoms with van der Waals surface area (Å²) in [5.41, 5.74) is 2.64. The fourth-order valence-electron chi connectivity index (χ4n) is 1.54. The van der Waals surface area contributed by atoms with Crippen LogP contribution in [0.1, 0.15) is 43.7 Å². The van der Waals surface area contributed by atoms with Crippen LogP contribution in [0.25, 0.3) is 0 Å². The van der Waals surface area contributed by atoms with Gasteiger partial charge in [-0.25, -0.2) is 0 Å². The lowest BCUT2D eigenvalue weighted by atomic mass is 9.99. The largest absolute Gasteiger partial charge is 0.281 e. The van der Waals surface area contributed by atoms with Crippen LogP contribution in [-0.2, 0) is 11.2 Å². The van der Waals surface area contributed by atoms with Gasteiger partial charge in [-0.1, -0.05) is 38.1 Å². The normalized spacial score (nSPS) is 10.7. The van der Waals surface area contributed by atoms with Crippen molar-refractivity contribution in [2.45, 2.75) is 39.0 Å². The van der Waals surface area contributed by atoms with Crippen LogP contribution in [0.3, 0.4) is 0 Å². The summed E-state index contributed by atoms with van der Waals surface area (Å²) in [6.45, 7) is 4.36. The van der Waals surface area contributed by atoms with Gasteiger partial charge in [-0.05, 0) is 41.5 Å². The Morgan fingerprint density at radius 1 is 1.40 bits per heavy atom. The first-order chi connectivity index (χ1) is 7.09. The lowest BCUT2D eigenvalue weighted by Crippen LogP contribution is -1.93. The lowest BCUT2D eigenvalue weighted by Gasteiger charge is -2.07. The molecule has 0 aliphatic rings. The molecule has 0 amide bonds. The molecule has 1 nitrogen and oxygen atoms in total. The van der Waals surface area contributed by atoms with Gasteiger partial charge in [0.05, 0.1) is 0 Å². The van der Waals surface area contributed by atoms with Gasteiger partial charge in [0, 0.05) is 6.42 Å². The van der Waals surface area contributed by atoms with E-state index in [1.807, 2.05) is 0 Å². The summed E-state index contributed by atoms with van der Waals surface area (Å²) in [5, 5.41) is -0.241. The fraction of sp³-hybridized carbons (Fsp3) is 0.462. The Balaban J connectivity index is 2.54. The van der Waals surface area contributed by atoms with Gasteiger partial charge in [0.25, 0.3) is 0 Å². The van der Waals surface area contributed by atoms with Crippen molar-refractivity contribution in [2.75, 3.05) is 0 Å². The van der Waals surface area contributed by atoms with Crippen molar-refractivity contribution < 1.29 is 4.79 Å². The van der Waals surface area contributed by atoms with E-state index < -0.39 is 0 Å². The van der Waals surface area contributed by atoms with Crippen molar-refractivity contribution in [2.24, 2.45) is 0 Å². The molecule has 2 heteroatoms. The number of carbonyl (C=O) groups excluding carboxylic acids is 1. The van der Waals surface area contributed by atoms with Gasteiger partial charge in [-0.2, -0.15) is 0 Å². The number of carbonyl (C=O) groups is 1.